The Kier molecular flexibility index (Phi) is 5.59. The molecule has 0 aliphatic carbocycles. The maximum absolute atomic E-state index is 10.0. The summed E-state index contributed by atoms with van der Waals surface area (Å²) in [5.74, 6) is 0.311. The van der Waals surface area contributed by atoms with Crippen LogP contribution in [-0.2, 0) is 0 Å². The lowest BCUT2D eigenvalue weighted by molar-refractivity contribution is 0.114. The van der Waals surface area contributed by atoms with E-state index in [1.165, 1.54) is 0 Å². The number of aliphatic hydroxyl groups excluding tert-OH is 1. The Morgan fingerprint density at radius 2 is 2.00 bits per heavy atom. The monoisotopic (exact) mass is 256 g/mol. The van der Waals surface area contributed by atoms with Gasteiger partial charge >= 0.3 is 0 Å². The molecule has 0 saturated heterocycles. The van der Waals surface area contributed by atoms with Gasteiger partial charge in [-0.05, 0) is 18.1 Å². The third-order valence-electron chi connectivity index (χ3n) is 3.13. The number of nitrogens with two attached hydrogens (primary N) is 1. The molecule has 0 fully saturated rings. The third kappa shape index (κ3) is 3.79. The number of nitrogen functional groups attached to an aromatic ring is 1. The third-order valence-corrected chi connectivity index (χ3v) is 3.44. The smallest absolute Gasteiger partial charge is 0.0764 e. The van der Waals surface area contributed by atoms with Crippen molar-refractivity contribution in [2.45, 2.75) is 32.8 Å². The standard InChI is InChI=1S/C13H21ClN2O/c1-3-9(4-2)12(17)8-16-13-10(14)6-5-7-11(13)15/h5-7,9,12,16-17H,3-4,8,15H2,1-2H3. The number of aliphatic hydroxyl groups is 1. The molecule has 4 heteroatoms. The van der Waals surface area contributed by atoms with Gasteiger partial charge in [-0.15, -0.1) is 0 Å². The zero-order chi connectivity index (χ0) is 12.8. The van der Waals surface area contributed by atoms with Crippen molar-refractivity contribution in [2.24, 2.45) is 5.92 Å². The molecule has 0 radical (unpaired) electrons. The van der Waals surface area contributed by atoms with Crippen LogP contribution in [0, 0.1) is 5.92 Å². The van der Waals surface area contributed by atoms with Gasteiger partial charge in [-0.25, -0.2) is 0 Å². The first-order valence-corrected chi connectivity index (χ1v) is 6.43. The van der Waals surface area contributed by atoms with E-state index in [-0.39, 0.29) is 6.10 Å². The fourth-order valence-electron chi connectivity index (χ4n) is 1.93. The molecular weight excluding hydrogens is 236 g/mol. The summed E-state index contributed by atoms with van der Waals surface area (Å²) in [6.45, 7) is 4.64. The average molecular weight is 257 g/mol. The number of rotatable bonds is 6. The molecule has 1 rings (SSSR count). The van der Waals surface area contributed by atoms with Crippen LogP contribution in [-0.4, -0.2) is 17.8 Å². The number of nitrogens with one attached hydrogen (secondary N) is 1. The Bertz CT molecular complexity index is 333. The molecule has 0 aromatic heterocycles. The summed E-state index contributed by atoms with van der Waals surface area (Å²) < 4.78 is 0. The summed E-state index contributed by atoms with van der Waals surface area (Å²) in [6, 6.07) is 5.38. The predicted molar refractivity (Wildman–Crippen MR) is 74.4 cm³/mol. The van der Waals surface area contributed by atoms with Crippen molar-refractivity contribution in [1.82, 2.24) is 0 Å². The highest BCUT2D eigenvalue weighted by molar-refractivity contribution is 6.33. The highest BCUT2D eigenvalue weighted by Gasteiger charge is 2.15. The van der Waals surface area contributed by atoms with Crippen molar-refractivity contribution < 1.29 is 5.11 Å². The van der Waals surface area contributed by atoms with Gasteiger partial charge in [0.1, 0.15) is 0 Å². The molecule has 96 valence electrons. The zero-order valence-corrected chi connectivity index (χ0v) is 11.2. The van der Waals surface area contributed by atoms with Gasteiger partial charge in [0, 0.05) is 6.54 Å². The topological polar surface area (TPSA) is 58.3 Å². The summed E-state index contributed by atoms with van der Waals surface area (Å²) in [7, 11) is 0. The fraction of sp³-hybridized carbons (Fsp3) is 0.538. The first kappa shape index (κ1) is 14.1. The predicted octanol–water partition coefficient (Wildman–Crippen LogP) is 3.13. The molecule has 1 unspecified atom stereocenters. The van der Waals surface area contributed by atoms with Gasteiger partial charge in [-0.1, -0.05) is 44.4 Å². The maximum Gasteiger partial charge on any atom is 0.0764 e. The SMILES string of the molecule is CCC(CC)C(O)CNc1c(N)cccc1Cl. The number of hydrogen-bond acceptors (Lipinski definition) is 3. The summed E-state index contributed by atoms with van der Waals surface area (Å²) in [6.07, 6.45) is 1.56. The number of benzene rings is 1. The molecule has 0 aliphatic rings. The Morgan fingerprint density at radius 3 is 2.53 bits per heavy atom. The minimum atomic E-state index is -0.374. The second-order valence-electron chi connectivity index (χ2n) is 4.23. The largest absolute Gasteiger partial charge is 0.397 e. The van der Waals surface area contributed by atoms with Crippen molar-refractivity contribution in [2.75, 3.05) is 17.6 Å². The summed E-state index contributed by atoms with van der Waals surface area (Å²) in [5, 5.41) is 13.7. The number of para-hydroxylation sites is 1. The lowest BCUT2D eigenvalue weighted by Crippen LogP contribution is -2.28. The van der Waals surface area contributed by atoms with Crippen molar-refractivity contribution in [3.05, 3.63) is 23.2 Å². The molecule has 1 aromatic carbocycles. The molecule has 3 nitrogen and oxygen atoms in total. The summed E-state index contributed by atoms with van der Waals surface area (Å²) in [4.78, 5) is 0. The van der Waals surface area contributed by atoms with E-state index in [9.17, 15) is 5.11 Å². The van der Waals surface area contributed by atoms with Crippen LogP contribution in [0.25, 0.3) is 0 Å². The molecule has 0 aliphatic heterocycles. The first-order valence-electron chi connectivity index (χ1n) is 6.06. The van der Waals surface area contributed by atoms with E-state index in [0.29, 0.717) is 28.9 Å². The second kappa shape index (κ2) is 6.72. The summed E-state index contributed by atoms with van der Waals surface area (Å²) >= 11 is 6.04. The average Bonchev–Trinajstić information content (AvgIpc) is 2.30. The Hall–Kier alpha value is -0.930. The molecule has 0 amide bonds. The van der Waals surface area contributed by atoms with Crippen molar-refractivity contribution in [3.63, 3.8) is 0 Å². The first-order chi connectivity index (χ1) is 8.10. The quantitative estimate of drug-likeness (QED) is 0.686. The van der Waals surface area contributed by atoms with Crippen LogP contribution in [0.5, 0.6) is 0 Å². The molecule has 0 saturated carbocycles. The van der Waals surface area contributed by atoms with Gasteiger partial charge in [0.05, 0.1) is 22.5 Å². The zero-order valence-electron chi connectivity index (χ0n) is 10.4. The number of halogens is 1. The van der Waals surface area contributed by atoms with Crippen LogP contribution in [0.2, 0.25) is 5.02 Å². The van der Waals surface area contributed by atoms with Gasteiger partial charge in [0.15, 0.2) is 0 Å². The van der Waals surface area contributed by atoms with E-state index < -0.39 is 0 Å². The molecule has 0 bridgehead atoms. The number of anilines is 2. The van der Waals surface area contributed by atoms with Gasteiger partial charge in [-0.3, -0.25) is 0 Å². The minimum absolute atomic E-state index is 0.311. The van der Waals surface area contributed by atoms with Gasteiger partial charge < -0.3 is 16.2 Å². The van der Waals surface area contributed by atoms with E-state index in [2.05, 4.69) is 19.2 Å². The molecule has 1 atom stereocenters. The summed E-state index contributed by atoms with van der Waals surface area (Å²) in [5.41, 5.74) is 7.13. The lowest BCUT2D eigenvalue weighted by Gasteiger charge is -2.21. The molecule has 1 aromatic rings. The van der Waals surface area contributed by atoms with Crippen LogP contribution in [0.1, 0.15) is 26.7 Å². The van der Waals surface area contributed by atoms with E-state index in [0.717, 1.165) is 12.8 Å². The fourth-order valence-corrected chi connectivity index (χ4v) is 2.18. The Labute approximate surface area is 108 Å². The van der Waals surface area contributed by atoms with Crippen LogP contribution in [0.15, 0.2) is 18.2 Å². The Morgan fingerprint density at radius 1 is 1.35 bits per heavy atom. The minimum Gasteiger partial charge on any atom is -0.397 e. The van der Waals surface area contributed by atoms with Crippen molar-refractivity contribution in [1.29, 1.82) is 0 Å². The van der Waals surface area contributed by atoms with E-state index in [4.69, 9.17) is 17.3 Å². The molecule has 4 N–H and O–H groups in total. The van der Waals surface area contributed by atoms with E-state index >= 15 is 0 Å². The number of hydrogen-bond donors (Lipinski definition) is 3. The van der Waals surface area contributed by atoms with Gasteiger partial charge in [0.2, 0.25) is 0 Å². The molecule has 0 spiro atoms. The molecular formula is C13H21ClN2O. The van der Waals surface area contributed by atoms with Crippen LogP contribution < -0.4 is 11.1 Å². The Balaban J connectivity index is 2.61. The van der Waals surface area contributed by atoms with Crippen LogP contribution >= 0.6 is 11.6 Å². The molecule has 0 heterocycles. The second-order valence-corrected chi connectivity index (χ2v) is 4.64. The normalized spacial score (nSPS) is 12.8. The highest BCUT2D eigenvalue weighted by Crippen LogP contribution is 2.28. The highest BCUT2D eigenvalue weighted by atomic mass is 35.5. The lowest BCUT2D eigenvalue weighted by atomic mass is 9.96. The maximum atomic E-state index is 10.0. The van der Waals surface area contributed by atoms with Crippen LogP contribution in [0.3, 0.4) is 0 Å². The van der Waals surface area contributed by atoms with Crippen molar-refractivity contribution >= 4 is 23.0 Å². The van der Waals surface area contributed by atoms with Crippen molar-refractivity contribution in [3.8, 4) is 0 Å². The van der Waals surface area contributed by atoms with Gasteiger partial charge in [-0.2, -0.15) is 0 Å². The van der Waals surface area contributed by atoms with E-state index in [1.807, 2.05) is 0 Å². The van der Waals surface area contributed by atoms with Gasteiger partial charge in [0.25, 0.3) is 0 Å². The van der Waals surface area contributed by atoms with Crippen LogP contribution in [0.4, 0.5) is 11.4 Å². The molecule has 17 heavy (non-hydrogen) atoms. The van der Waals surface area contributed by atoms with E-state index in [1.54, 1.807) is 18.2 Å².